The van der Waals surface area contributed by atoms with Gasteiger partial charge < -0.3 is 10.4 Å². The lowest BCUT2D eigenvalue weighted by molar-refractivity contribution is -0.146. The minimum absolute atomic E-state index is 0.159. The number of carboxylic acids is 1. The molecule has 0 saturated carbocycles. The molecule has 1 aromatic carbocycles. The highest BCUT2D eigenvalue weighted by Crippen LogP contribution is 2.30. The molecule has 7 nitrogen and oxygen atoms in total. The van der Waals surface area contributed by atoms with Gasteiger partial charge in [-0.1, -0.05) is 30.4 Å². The molecule has 1 aliphatic rings. The molecule has 3 N–H and O–H groups in total. The third kappa shape index (κ3) is 4.37. The van der Waals surface area contributed by atoms with Crippen molar-refractivity contribution in [2.75, 3.05) is 10.0 Å². The summed E-state index contributed by atoms with van der Waals surface area (Å²) in [5, 5.41) is 13.7. The van der Waals surface area contributed by atoms with E-state index in [0.29, 0.717) is 12.8 Å². The Bertz CT molecular complexity index is 967. The summed E-state index contributed by atoms with van der Waals surface area (Å²) in [6, 6.07) is 9.53. The Morgan fingerprint density at radius 1 is 1.00 bits per heavy atom. The number of benzene rings is 1. The minimum atomic E-state index is -3.77. The number of anilines is 2. The maximum Gasteiger partial charge on any atom is 0.307 e. The zero-order valence-electron chi connectivity index (χ0n) is 14.2. The van der Waals surface area contributed by atoms with Crippen molar-refractivity contribution in [2.24, 2.45) is 11.8 Å². The number of nitrogens with one attached hydrogen (secondary N) is 2. The first-order valence-corrected chi connectivity index (χ1v) is 10.6. The molecule has 0 unspecified atom stereocenters. The van der Waals surface area contributed by atoms with Crippen molar-refractivity contribution >= 4 is 44.6 Å². The molecular weight excluding hydrogens is 388 g/mol. The van der Waals surface area contributed by atoms with E-state index < -0.39 is 33.7 Å². The van der Waals surface area contributed by atoms with Gasteiger partial charge in [0.25, 0.3) is 10.0 Å². The van der Waals surface area contributed by atoms with Crippen molar-refractivity contribution in [3.63, 3.8) is 0 Å². The van der Waals surface area contributed by atoms with E-state index in [1.165, 1.54) is 12.1 Å². The Kier molecular flexibility index (Phi) is 5.62. The van der Waals surface area contributed by atoms with Crippen molar-refractivity contribution in [1.29, 1.82) is 0 Å². The highest BCUT2D eigenvalue weighted by molar-refractivity contribution is 7.94. The maximum absolute atomic E-state index is 12.6. The van der Waals surface area contributed by atoms with Crippen molar-refractivity contribution in [3.05, 3.63) is 53.9 Å². The Hall–Kier alpha value is -2.65. The van der Waals surface area contributed by atoms with E-state index in [-0.39, 0.29) is 15.6 Å². The van der Waals surface area contributed by atoms with Gasteiger partial charge >= 0.3 is 5.97 Å². The molecule has 1 aromatic heterocycles. The van der Waals surface area contributed by atoms with Crippen LogP contribution in [0.1, 0.15) is 12.8 Å². The Morgan fingerprint density at radius 3 is 2.30 bits per heavy atom. The molecule has 9 heteroatoms. The number of sulfonamides is 1. The van der Waals surface area contributed by atoms with Gasteiger partial charge in [0, 0.05) is 0 Å². The summed E-state index contributed by atoms with van der Waals surface area (Å²) in [5.74, 6) is -2.99. The van der Waals surface area contributed by atoms with Crippen LogP contribution in [0.15, 0.2) is 58.1 Å². The van der Waals surface area contributed by atoms with Crippen molar-refractivity contribution in [3.8, 4) is 0 Å². The molecule has 2 aromatic rings. The molecule has 27 heavy (non-hydrogen) atoms. The van der Waals surface area contributed by atoms with Crippen LogP contribution in [0.5, 0.6) is 0 Å². The molecule has 0 spiro atoms. The molecule has 0 radical (unpaired) electrons. The van der Waals surface area contributed by atoms with E-state index in [1.54, 1.807) is 41.8 Å². The number of hydrogen-bond acceptors (Lipinski definition) is 5. The monoisotopic (exact) mass is 406 g/mol. The second-order valence-corrected chi connectivity index (χ2v) is 8.92. The number of amides is 1. The summed E-state index contributed by atoms with van der Waals surface area (Å²) in [6.45, 7) is 0. The smallest absolute Gasteiger partial charge is 0.307 e. The summed E-state index contributed by atoms with van der Waals surface area (Å²) in [6.07, 6.45) is 4.16. The second kappa shape index (κ2) is 7.93. The van der Waals surface area contributed by atoms with Crippen LogP contribution in [-0.2, 0) is 19.6 Å². The Morgan fingerprint density at radius 2 is 1.67 bits per heavy atom. The lowest BCUT2D eigenvalue weighted by atomic mass is 9.82. The zero-order valence-corrected chi connectivity index (χ0v) is 15.8. The lowest BCUT2D eigenvalue weighted by Crippen LogP contribution is -2.34. The lowest BCUT2D eigenvalue weighted by Gasteiger charge is -2.24. The molecular formula is C18H18N2O5S2. The fourth-order valence-corrected chi connectivity index (χ4v) is 4.97. The number of para-hydroxylation sites is 2. The number of rotatable bonds is 6. The number of carbonyl (C=O) groups is 2. The van der Waals surface area contributed by atoms with Crippen molar-refractivity contribution < 1.29 is 23.1 Å². The Balaban J connectivity index is 1.81. The van der Waals surface area contributed by atoms with Gasteiger partial charge in [-0.15, -0.1) is 11.3 Å². The topological polar surface area (TPSA) is 113 Å². The van der Waals surface area contributed by atoms with Gasteiger partial charge in [-0.3, -0.25) is 14.3 Å². The number of aliphatic carboxylic acids is 1. The molecule has 0 bridgehead atoms. The van der Waals surface area contributed by atoms with Crippen LogP contribution in [0.25, 0.3) is 0 Å². The molecule has 0 aliphatic heterocycles. The number of carbonyl (C=O) groups excluding carboxylic acids is 1. The van der Waals surface area contributed by atoms with E-state index in [2.05, 4.69) is 10.0 Å². The SMILES string of the molecule is O=C(O)[C@H]1CC=CC[C@H]1C(=O)Nc1ccccc1NS(=O)(=O)c1cccs1. The van der Waals surface area contributed by atoms with Gasteiger partial charge in [0.15, 0.2) is 0 Å². The average Bonchev–Trinajstić information content (AvgIpc) is 3.19. The predicted molar refractivity (Wildman–Crippen MR) is 103 cm³/mol. The van der Waals surface area contributed by atoms with E-state index >= 15 is 0 Å². The third-order valence-electron chi connectivity index (χ3n) is 4.28. The molecule has 1 aliphatic carbocycles. The normalized spacial score (nSPS) is 19.4. The van der Waals surface area contributed by atoms with Gasteiger partial charge in [-0.25, -0.2) is 8.42 Å². The molecule has 1 heterocycles. The standard InChI is InChI=1S/C18H18N2O5S2/c21-17(12-6-1-2-7-13(12)18(22)23)19-14-8-3-4-9-15(14)20-27(24,25)16-10-5-11-26-16/h1-5,8-13,20H,6-7H2,(H,19,21)(H,22,23)/t12-,13+/m1/s1. The fraction of sp³-hybridized carbons (Fsp3) is 0.222. The van der Waals surface area contributed by atoms with Gasteiger partial charge in [-0.05, 0) is 36.4 Å². The molecule has 1 amide bonds. The second-order valence-electron chi connectivity index (χ2n) is 6.07. The number of thiophene rings is 1. The summed E-state index contributed by atoms with van der Waals surface area (Å²) in [5.41, 5.74) is 0.499. The predicted octanol–water partition coefficient (Wildman–Crippen LogP) is 3.15. The fourth-order valence-electron chi connectivity index (χ4n) is 2.89. The highest BCUT2D eigenvalue weighted by atomic mass is 32.2. The van der Waals surface area contributed by atoms with Crippen molar-refractivity contribution in [2.45, 2.75) is 17.1 Å². The van der Waals surface area contributed by atoms with Crippen LogP contribution in [0.4, 0.5) is 11.4 Å². The van der Waals surface area contributed by atoms with Crippen LogP contribution < -0.4 is 10.0 Å². The highest BCUT2D eigenvalue weighted by Gasteiger charge is 2.34. The van der Waals surface area contributed by atoms with Crippen LogP contribution in [0.2, 0.25) is 0 Å². The van der Waals surface area contributed by atoms with E-state index in [9.17, 15) is 23.1 Å². The summed E-state index contributed by atoms with van der Waals surface area (Å²) in [4.78, 5) is 24.0. The zero-order chi connectivity index (χ0) is 19.4. The first-order valence-electron chi connectivity index (χ1n) is 8.22. The minimum Gasteiger partial charge on any atom is -0.481 e. The molecule has 0 fully saturated rings. The van der Waals surface area contributed by atoms with E-state index in [4.69, 9.17) is 0 Å². The molecule has 142 valence electrons. The van der Waals surface area contributed by atoms with Crippen LogP contribution in [-0.4, -0.2) is 25.4 Å². The van der Waals surface area contributed by atoms with Gasteiger partial charge in [0.1, 0.15) is 4.21 Å². The summed E-state index contributed by atoms with van der Waals surface area (Å²) < 4.78 is 27.5. The average molecular weight is 406 g/mol. The summed E-state index contributed by atoms with van der Waals surface area (Å²) in [7, 11) is -3.77. The molecule has 0 saturated heterocycles. The van der Waals surface area contributed by atoms with Gasteiger partial charge in [0.2, 0.25) is 5.91 Å². The van der Waals surface area contributed by atoms with Gasteiger partial charge in [-0.2, -0.15) is 0 Å². The number of hydrogen-bond donors (Lipinski definition) is 3. The number of carboxylic acid groups (broad SMARTS) is 1. The summed E-state index contributed by atoms with van der Waals surface area (Å²) >= 11 is 1.08. The van der Waals surface area contributed by atoms with Crippen LogP contribution in [0.3, 0.4) is 0 Å². The number of allylic oxidation sites excluding steroid dienone is 2. The third-order valence-corrected chi connectivity index (χ3v) is 7.04. The largest absolute Gasteiger partial charge is 0.481 e. The van der Waals surface area contributed by atoms with E-state index in [0.717, 1.165) is 11.3 Å². The molecule has 2 atom stereocenters. The van der Waals surface area contributed by atoms with Crippen LogP contribution >= 0.6 is 11.3 Å². The quantitative estimate of drug-likeness (QED) is 0.638. The maximum atomic E-state index is 12.6. The van der Waals surface area contributed by atoms with E-state index in [1.807, 2.05) is 0 Å². The van der Waals surface area contributed by atoms with Crippen LogP contribution in [0, 0.1) is 11.8 Å². The first kappa shape index (κ1) is 19.1. The molecule has 3 rings (SSSR count). The van der Waals surface area contributed by atoms with Gasteiger partial charge in [0.05, 0.1) is 23.2 Å². The van der Waals surface area contributed by atoms with Crippen molar-refractivity contribution in [1.82, 2.24) is 0 Å². The Labute approximate surface area is 160 Å². The first-order chi connectivity index (χ1) is 12.9.